The third-order valence-corrected chi connectivity index (χ3v) is 13.8. The number of aldehydes is 1. The van der Waals surface area contributed by atoms with Gasteiger partial charge in [0.15, 0.2) is 11.5 Å². The molecule has 2 saturated carbocycles. The summed E-state index contributed by atoms with van der Waals surface area (Å²) >= 11 is 0. The number of benzene rings is 1. The highest BCUT2D eigenvalue weighted by Crippen LogP contribution is 2.74. The van der Waals surface area contributed by atoms with E-state index in [0.29, 0.717) is 37.7 Å². The first-order valence-corrected chi connectivity index (χ1v) is 18.9. The third-order valence-electron chi connectivity index (χ3n) is 13.8. The van der Waals surface area contributed by atoms with Gasteiger partial charge in [0.2, 0.25) is 0 Å². The second kappa shape index (κ2) is 13.5. The molecule has 3 fully saturated rings. The number of hydrogen-bond donors (Lipinski definition) is 1. The SMILES string of the molecule is CCCOCCOCCOCC(=O)Oc1ccc2c3c1OC1(C)C(C)C(C=O)C(C(C)(O)C(C)(C)C)CC4(C)C(C2)N(CC2CC2)CCC341. The molecule has 1 aromatic carbocycles. The maximum atomic E-state index is 13.3. The third kappa shape index (κ3) is 5.97. The maximum Gasteiger partial charge on any atom is 0.337 e. The van der Waals surface area contributed by atoms with Crippen molar-refractivity contribution in [2.45, 2.75) is 117 Å². The highest BCUT2D eigenvalue weighted by atomic mass is 16.6. The number of hydrogen-bond acceptors (Lipinski definition) is 9. The van der Waals surface area contributed by atoms with Crippen LogP contribution in [0.4, 0.5) is 0 Å². The summed E-state index contributed by atoms with van der Waals surface area (Å²) in [4.78, 5) is 29.1. The molecule has 2 bridgehead atoms. The summed E-state index contributed by atoms with van der Waals surface area (Å²) in [5.74, 6) is 0.419. The lowest BCUT2D eigenvalue weighted by molar-refractivity contribution is -0.148. The molecular formula is C40H61NO8. The molecule has 8 atom stereocenters. The van der Waals surface area contributed by atoms with Gasteiger partial charge in [0, 0.05) is 42.0 Å². The standard InChI is InChI=1S/C40H61NO8/c1-9-16-45-17-18-46-19-20-47-25-33(43)48-31-13-12-28-21-32-37(6)22-30(38(7,44)36(3,4)5)29(24-42)26(2)39(8)40(37,34(28)35(31)49-39)14-15-41(32)23-27-10-11-27/h12-13,24,26-27,29-30,32,44H,9-11,14-23,25H2,1-8H3. The Kier molecular flexibility index (Phi) is 10.1. The number of likely N-dealkylation sites (tertiary alicyclic amines) is 1. The Labute approximate surface area is 293 Å². The number of aliphatic hydroxyl groups is 1. The normalized spacial score (nSPS) is 34.8. The van der Waals surface area contributed by atoms with Crippen LogP contribution in [0.5, 0.6) is 11.5 Å². The van der Waals surface area contributed by atoms with Crippen LogP contribution in [0.1, 0.15) is 98.6 Å². The van der Waals surface area contributed by atoms with Gasteiger partial charge in [-0.25, -0.2) is 4.79 Å². The van der Waals surface area contributed by atoms with Crippen LogP contribution in [0.25, 0.3) is 0 Å². The largest absolute Gasteiger partial charge is 0.482 e. The topological polar surface area (TPSA) is 104 Å². The van der Waals surface area contributed by atoms with Crippen molar-refractivity contribution in [3.05, 3.63) is 23.3 Å². The fraction of sp³-hybridized carbons (Fsp3) is 0.800. The lowest BCUT2D eigenvalue weighted by Crippen LogP contribution is -2.72. The van der Waals surface area contributed by atoms with Crippen molar-refractivity contribution in [1.29, 1.82) is 0 Å². The Morgan fingerprint density at radius 1 is 1.06 bits per heavy atom. The molecule has 9 nitrogen and oxygen atoms in total. The van der Waals surface area contributed by atoms with E-state index < -0.39 is 33.9 Å². The lowest BCUT2D eigenvalue weighted by Gasteiger charge is -2.65. The van der Waals surface area contributed by atoms with E-state index in [-0.39, 0.29) is 36.5 Å². The minimum atomic E-state index is -1.09. The molecule has 0 amide bonds. The molecule has 6 rings (SSSR count). The molecule has 1 N–H and O–H groups in total. The van der Waals surface area contributed by atoms with Crippen LogP contribution in [0.2, 0.25) is 0 Å². The van der Waals surface area contributed by atoms with E-state index in [1.165, 1.54) is 18.4 Å². The van der Waals surface area contributed by atoms with Crippen molar-refractivity contribution in [2.24, 2.45) is 34.5 Å². The van der Waals surface area contributed by atoms with Gasteiger partial charge in [-0.05, 0) is 93.2 Å². The van der Waals surface area contributed by atoms with E-state index in [1.807, 2.05) is 13.0 Å². The Hall–Kier alpha value is -2.04. The first-order valence-electron chi connectivity index (χ1n) is 18.9. The van der Waals surface area contributed by atoms with Crippen LogP contribution in [0.15, 0.2) is 12.1 Å². The minimum Gasteiger partial charge on any atom is -0.482 e. The van der Waals surface area contributed by atoms with Crippen molar-refractivity contribution in [3.8, 4) is 11.5 Å². The van der Waals surface area contributed by atoms with Gasteiger partial charge in [0.05, 0.1) is 32.0 Å². The van der Waals surface area contributed by atoms with Crippen molar-refractivity contribution in [1.82, 2.24) is 4.90 Å². The van der Waals surface area contributed by atoms with Crippen LogP contribution in [-0.2, 0) is 35.6 Å². The summed E-state index contributed by atoms with van der Waals surface area (Å²) in [6.07, 6.45) is 7.10. The van der Waals surface area contributed by atoms with Crippen LogP contribution >= 0.6 is 0 Å². The second-order valence-electron chi connectivity index (χ2n) is 17.3. The molecule has 49 heavy (non-hydrogen) atoms. The van der Waals surface area contributed by atoms with E-state index in [0.717, 1.165) is 56.7 Å². The monoisotopic (exact) mass is 683 g/mol. The van der Waals surface area contributed by atoms with Gasteiger partial charge < -0.3 is 33.6 Å². The van der Waals surface area contributed by atoms with Gasteiger partial charge in [0.1, 0.15) is 18.5 Å². The summed E-state index contributed by atoms with van der Waals surface area (Å²) in [6.45, 7) is 21.3. The number of rotatable bonds is 15. The molecule has 1 saturated heterocycles. The first-order chi connectivity index (χ1) is 23.2. The summed E-state index contributed by atoms with van der Waals surface area (Å²) in [5.41, 5.74) is -0.654. The average molecular weight is 684 g/mol. The van der Waals surface area contributed by atoms with E-state index in [9.17, 15) is 14.7 Å². The molecule has 8 unspecified atom stereocenters. The van der Waals surface area contributed by atoms with Crippen LogP contribution in [-0.4, -0.2) is 92.2 Å². The predicted octanol–water partition coefficient (Wildman–Crippen LogP) is 5.76. The number of ether oxygens (including phenoxy) is 5. The average Bonchev–Trinajstić information content (AvgIpc) is 3.81. The first kappa shape index (κ1) is 36.7. The van der Waals surface area contributed by atoms with Crippen molar-refractivity contribution >= 4 is 12.3 Å². The van der Waals surface area contributed by atoms with Crippen molar-refractivity contribution < 1.29 is 38.4 Å². The molecule has 9 heteroatoms. The summed E-state index contributed by atoms with van der Waals surface area (Å²) in [6, 6.07) is 4.26. The summed E-state index contributed by atoms with van der Waals surface area (Å²) in [7, 11) is 0. The zero-order valence-corrected chi connectivity index (χ0v) is 31.3. The molecule has 0 radical (unpaired) electrons. The van der Waals surface area contributed by atoms with Gasteiger partial charge >= 0.3 is 5.97 Å². The van der Waals surface area contributed by atoms with E-state index in [1.54, 1.807) is 0 Å². The highest BCUT2D eigenvalue weighted by molar-refractivity contribution is 5.76. The molecule has 1 aromatic rings. The van der Waals surface area contributed by atoms with Gasteiger partial charge in [0.25, 0.3) is 0 Å². The zero-order chi connectivity index (χ0) is 35.4. The molecular weight excluding hydrogens is 622 g/mol. The maximum absolute atomic E-state index is 13.3. The van der Waals surface area contributed by atoms with Gasteiger partial charge in [-0.1, -0.05) is 47.6 Å². The fourth-order valence-electron chi connectivity index (χ4n) is 10.4. The number of piperidine rings is 1. The number of carbonyl (C=O) groups excluding carboxylic acids is 2. The van der Waals surface area contributed by atoms with Crippen molar-refractivity contribution in [2.75, 3.05) is 52.7 Å². The van der Waals surface area contributed by atoms with E-state index in [4.69, 9.17) is 23.7 Å². The summed E-state index contributed by atoms with van der Waals surface area (Å²) in [5, 5.41) is 12.4. The van der Waals surface area contributed by atoms with E-state index >= 15 is 0 Å². The quantitative estimate of drug-likeness (QED) is 0.107. The fourth-order valence-corrected chi connectivity index (χ4v) is 10.4. The minimum absolute atomic E-state index is 0.197. The van der Waals surface area contributed by atoms with E-state index in [2.05, 4.69) is 59.4 Å². The van der Waals surface area contributed by atoms with Gasteiger partial charge in [-0.3, -0.25) is 4.90 Å². The van der Waals surface area contributed by atoms with Crippen LogP contribution in [0.3, 0.4) is 0 Å². The molecule has 1 spiro atoms. The Balaban J connectivity index is 1.33. The Morgan fingerprint density at radius 2 is 1.73 bits per heavy atom. The molecule has 0 aromatic heterocycles. The van der Waals surface area contributed by atoms with Crippen LogP contribution in [0, 0.1) is 34.5 Å². The lowest BCUT2D eigenvalue weighted by atomic mass is 9.43. The molecule has 274 valence electrons. The van der Waals surface area contributed by atoms with Crippen LogP contribution < -0.4 is 9.47 Å². The van der Waals surface area contributed by atoms with Gasteiger partial charge in [-0.2, -0.15) is 0 Å². The smallest absolute Gasteiger partial charge is 0.337 e. The number of esters is 1. The molecule has 2 heterocycles. The number of nitrogens with zero attached hydrogens (tertiary/aromatic N) is 1. The van der Waals surface area contributed by atoms with Gasteiger partial charge in [-0.15, -0.1) is 0 Å². The molecule has 3 aliphatic carbocycles. The van der Waals surface area contributed by atoms with Crippen molar-refractivity contribution in [3.63, 3.8) is 0 Å². The zero-order valence-electron chi connectivity index (χ0n) is 31.3. The Morgan fingerprint density at radius 3 is 2.37 bits per heavy atom. The molecule has 2 aliphatic heterocycles. The molecule has 5 aliphatic rings. The highest BCUT2D eigenvalue weighted by Gasteiger charge is 2.77. The Bertz CT molecular complexity index is 1380. The number of carbonyl (C=O) groups is 2. The summed E-state index contributed by atoms with van der Waals surface area (Å²) < 4.78 is 29.8. The predicted molar refractivity (Wildman–Crippen MR) is 187 cm³/mol. The second-order valence-corrected chi connectivity index (χ2v) is 17.3.